The van der Waals surface area contributed by atoms with Gasteiger partial charge >= 0.3 is 76.1 Å². The van der Waals surface area contributed by atoms with E-state index in [1.165, 1.54) is 10.2 Å². The summed E-state index contributed by atoms with van der Waals surface area (Å²) in [6, 6.07) is 17.1. The summed E-state index contributed by atoms with van der Waals surface area (Å²) >= 11 is 57.5. The first-order valence-corrected chi connectivity index (χ1v) is 41.1. The van der Waals surface area contributed by atoms with E-state index in [1.54, 1.807) is 100 Å². The van der Waals surface area contributed by atoms with Crippen LogP contribution in [0.25, 0.3) is 22.1 Å². The summed E-state index contributed by atoms with van der Waals surface area (Å²) in [5.41, 5.74) is 24.6. The van der Waals surface area contributed by atoms with Crippen LogP contribution in [0.3, 0.4) is 0 Å². The zero-order valence-electron chi connectivity index (χ0n) is 59.0. The van der Waals surface area contributed by atoms with Crippen LogP contribution < -0.4 is 79.4 Å². The van der Waals surface area contributed by atoms with Gasteiger partial charge in [-0.1, -0.05) is 126 Å². The Hall–Kier alpha value is -2.17. The predicted octanol–water partition coefficient (Wildman–Crippen LogP) is 11.5. The molecule has 8 aromatic heterocycles. The fourth-order valence-electron chi connectivity index (χ4n) is 9.14. The van der Waals surface area contributed by atoms with E-state index in [0.29, 0.717) is 111 Å². The molecule has 1 radical (unpaired) electrons. The van der Waals surface area contributed by atoms with Crippen LogP contribution in [0.5, 0.6) is 0 Å². The first kappa shape index (κ1) is 98.2. The van der Waals surface area contributed by atoms with E-state index in [1.807, 2.05) is 28.7 Å². The van der Waals surface area contributed by atoms with Crippen LogP contribution in [0.2, 0.25) is 30.1 Å². The second kappa shape index (κ2) is 51.7. The third-order valence-electron chi connectivity index (χ3n) is 14.2. The van der Waals surface area contributed by atoms with E-state index in [2.05, 4.69) is 183 Å². The molecule has 4 saturated heterocycles. The van der Waals surface area contributed by atoms with Gasteiger partial charge in [-0.3, -0.25) is 19.6 Å². The monoisotopic (exact) mass is 2090 g/mol. The van der Waals surface area contributed by atoms with E-state index in [9.17, 15) is 13.5 Å². The van der Waals surface area contributed by atoms with Crippen molar-refractivity contribution in [3.05, 3.63) is 171 Å². The number of terminal acetylenes is 1. The Labute approximate surface area is 764 Å². The Kier molecular flexibility index (Phi) is 47.0. The number of aromatic nitrogens is 8. The van der Waals surface area contributed by atoms with Crippen molar-refractivity contribution in [2.75, 3.05) is 141 Å². The number of nitrogen functional groups attached to an aromatic ring is 4. The molecule has 12 heterocycles. The Bertz CT molecular complexity index is 4490. The van der Waals surface area contributed by atoms with Crippen LogP contribution in [-0.4, -0.2) is 198 Å². The van der Waals surface area contributed by atoms with Crippen LogP contribution in [0, 0.1) is 27.8 Å². The minimum absolute atomic E-state index is 0. The van der Waals surface area contributed by atoms with Gasteiger partial charge in [0.15, 0.2) is 5.65 Å². The standard InChI is InChI=1S/C18H17BrClN3O3S.2C12H13BrClN3O.C7H11NO.C5H3BrClIN2.C5H4BrClN2.C5H5ClN2.C4H9O.BHNS.K/c19-16-11-21-18-15(17(16)20)10-13(12-22-6-8-26-9-7-22)23(18)27(24,25)14-4-2-1-3-5-14;13-10-6-15-12-9(11(10)14)5-8(16-12)7-17-1-3-18-4-2-17;13-10-8-16-12(15)9(11(10)14)2-1-3-17-4-6-18-7-5-17;1-2-3-8-4-6-9-7-5-8;6-2-1-10-5(9)4(8)3(2)7;6-3-2-9-5(8)1-4(3)7;6-4-1-2-8-5(7)3-4;1-4(2,3)5;1-2-3;/h1-5,10-11H,6-9,12H2;5-6H,1-4,7H2,(H,15,16);8H,3-7H2,(H2,15,16);1H,3-7H2;1H,(H2,9,10);1-2H,(H2,8,9);1-3H,(H2,7,8);1-3H3;3H;/q;;;;;;;-1;;+1. The number of rotatable bonds is 8. The molecule has 4 aliphatic rings. The third kappa shape index (κ3) is 34.7. The van der Waals surface area contributed by atoms with Gasteiger partial charge in [0, 0.05) is 130 Å². The normalized spacial score (nSPS) is 14.4. The number of nitrogens with one attached hydrogen (secondary N) is 1. The number of pyridine rings is 6. The van der Waals surface area contributed by atoms with E-state index in [0.717, 1.165) is 139 Å². The number of anilines is 4. The van der Waals surface area contributed by atoms with E-state index >= 15 is 0 Å². The number of nitrogens with zero attached hydrogens (tertiary/aromatic N) is 12. The van der Waals surface area contributed by atoms with Gasteiger partial charge in [-0.25, -0.2) is 42.3 Å². The summed E-state index contributed by atoms with van der Waals surface area (Å²) in [6.45, 7) is 21.0. The largest absolute Gasteiger partial charge is 1.00 e. The maximum absolute atomic E-state index is 13.4. The van der Waals surface area contributed by atoms with Crippen molar-refractivity contribution in [2.45, 2.75) is 44.4 Å². The number of halogens is 12. The molecule has 40 heteroatoms. The Balaban J connectivity index is 0.000000272. The number of ether oxygens (including phenoxy) is 4. The molecule has 0 atom stereocenters. The fraction of sp³-hybridized carbons (Fsp3) is 0.353. The molecule has 108 heavy (non-hydrogen) atoms. The van der Waals surface area contributed by atoms with Crippen molar-refractivity contribution >= 4 is 248 Å². The number of morpholine rings is 4. The molecule has 0 amide bonds. The number of fused-ring (bicyclic) bond motifs is 2. The first-order valence-electron chi connectivity index (χ1n) is 32.0. The summed E-state index contributed by atoms with van der Waals surface area (Å²) in [6.07, 6.45) is 14.7. The quantitative estimate of drug-likeness (QED) is 0.0356. The number of H-pyrrole nitrogens is 1. The van der Waals surface area contributed by atoms with Crippen molar-refractivity contribution in [1.29, 1.82) is 0 Å². The van der Waals surface area contributed by atoms with Gasteiger partial charge in [0.05, 0.1) is 133 Å². The van der Waals surface area contributed by atoms with Crippen molar-refractivity contribution in [1.82, 2.24) is 58.5 Å². The minimum Gasteiger partial charge on any atom is 1.00 e. The second-order valence-electron chi connectivity index (χ2n) is 23.4. The summed E-state index contributed by atoms with van der Waals surface area (Å²) in [4.78, 5) is 36.6. The zero-order valence-corrected chi connectivity index (χ0v) is 78.4. The SMILES string of the molecule is C#CCN1CCOCC1.CC(C)(C)[O-].Clc1c(Br)cnc2[nH]c(CN3CCOCC3)cc12.Nc1cc(Cl)c(Br)cn1.Nc1cc(Cl)ccn1.Nc1ncc(Br)c(Cl)c1C#CCN1CCOCC1.Nc1ncc(Br)c(Cl)c1I.O=S(=O)(c1ccccc1)n1c(CN2CCOCC2)cc2c(Cl)c(Br)cnc21.[B]=NS.[K+]. The average Bonchev–Trinajstić information content (AvgIpc) is 1.58. The second-order valence-corrected chi connectivity index (χ2v) is 33.1. The molecule has 1 aromatic carbocycles. The molecule has 0 aliphatic carbocycles. The fourth-order valence-corrected chi connectivity index (χ4v) is 13.9. The summed E-state index contributed by atoms with van der Waals surface area (Å²) in [5, 5.41) is 15.2. The van der Waals surface area contributed by atoms with Crippen molar-refractivity contribution in [3.63, 3.8) is 0 Å². The summed E-state index contributed by atoms with van der Waals surface area (Å²) < 4.78 is 56.4. The molecule has 0 saturated carbocycles. The molecule has 4 aliphatic heterocycles. The van der Waals surface area contributed by atoms with Gasteiger partial charge in [-0.05, 0) is 139 Å². The van der Waals surface area contributed by atoms with Gasteiger partial charge in [-0.2, -0.15) is 0 Å². The molecule has 24 nitrogen and oxygen atoms in total. The van der Waals surface area contributed by atoms with Crippen LogP contribution in [0.15, 0.2) is 129 Å². The molecular formula is C68H76BBr5Cl6IKN17O7S2. The average molecular weight is 2100 g/mol. The van der Waals surface area contributed by atoms with Gasteiger partial charge in [0.1, 0.15) is 28.9 Å². The molecule has 0 bridgehead atoms. The number of hydrogen-bond donors (Lipinski definition) is 6. The molecule has 575 valence electrons. The van der Waals surface area contributed by atoms with Crippen LogP contribution in [0.4, 0.5) is 23.3 Å². The van der Waals surface area contributed by atoms with Crippen molar-refractivity contribution in [2.24, 2.45) is 4.30 Å². The molecule has 13 rings (SSSR count). The number of aromatic amines is 1. The van der Waals surface area contributed by atoms with Gasteiger partial charge < -0.3 is 52.0 Å². The Morgan fingerprint density at radius 1 is 0.620 bits per heavy atom. The maximum atomic E-state index is 13.4. The first-order chi connectivity index (χ1) is 50.9. The predicted molar refractivity (Wildman–Crippen MR) is 460 cm³/mol. The molecular weight excluding hydrogens is 2020 g/mol. The zero-order chi connectivity index (χ0) is 78.8. The van der Waals surface area contributed by atoms with Crippen LogP contribution in [-0.2, 0) is 42.1 Å². The Morgan fingerprint density at radius 3 is 1.56 bits per heavy atom. The van der Waals surface area contributed by atoms with E-state index in [-0.39, 0.29) is 56.3 Å². The van der Waals surface area contributed by atoms with Crippen molar-refractivity contribution < 1.29 is 83.9 Å². The number of thiol groups is 1. The van der Waals surface area contributed by atoms with Crippen molar-refractivity contribution in [3.8, 4) is 24.2 Å². The summed E-state index contributed by atoms with van der Waals surface area (Å²) in [7, 11) is 0.525. The van der Waals surface area contributed by atoms with Gasteiger partial charge in [-0.15, -0.1) is 12.0 Å². The van der Waals surface area contributed by atoms with E-state index < -0.39 is 15.6 Å². The number of nitrogens with two attached hydrogens (primary N) is 4. The van der Waals surface area contributed by atoms with Crippen LogP contribution >= 0.6 is 185 Å². The molecule has 9 aromatic rings. The number of hydrogen-bond acceptors (Lipinski definition) is 23. The third-order valence-corrected chi connectivity index (χ3v) is 23.7. The summed E-state index contributed by atoms with van der Waals surface area (Å²) in [5.74, 6) is 10.4. The Morgan fingerprint density at radius 2 is 1.07 bits per heavy atom. The van der Waals surface area contributed by atoms with Gasteiger partial charge in [0.2, 0.25) is 0 Å². The molecule has 9 N–H and O–H groups in total. The molecule has 4 fully saturated rings. The molecule has 0 unspecified atom stereocenters. The number of benzene rings is 1. The van der Waals surface area contributed by atoms with Gasteiger partial charge in [0.25, 0.3) is 10.0 Å². The molecule has 0 spiro atoms. The maximum Gasteiger partial charge on any atom is 1.00 e. The minimum atomic E-state index is -3.81. The van der Waals surface area contributed by atoms with E-state index in [4.69, 9.17) is 118 Å². The van der Waals surface area contributed by atoms with Crippen LogP contribution in [0.1, 0.15) is 37.7 Å². The smallest absolute Gasteiger partial charge is 1.00 e. The topological polar surface area (TPSA) is 322 Å².